The van der Waals surface area contributed by atoms with Crippen LogP contribution in [0.4, 0.5) is 24.7 Å². The van der Waals surface area contributed by atoms with Crippen molar-refractivity contribution in [2.45, 2.75) is 57.7 Å². The Labute approximate surface area is 192 Å². The number of hydrogen-bond acceptors (Lipinski definition) is 6. The molecule has 0 atom stereocenters. The van der Waals surface area contributed by atoms with Crippen LogP contribution in [-0.4, -0.2) is 48.9 Å². The molecule has 11 heteroatoms. The minimum absolute atomic E-state index is 0.149. The molecule has 2 aliphatic rings. The third kappa shape index (κ3) is 7.04. The van der Waals surface area contributed by atoms with Gasteiger partial charge in [-0.25, -0.2) is 8.42 Å². The van der Waals surface area contributed by atoms with E-state index in [1.165, 1.54) is 57.7 Å². The van der Waals surface area contributed by atoms with E-state index in [2.05, 4.69) is 19.8 Å². The molecule has 7 nitrogen and oxygen atoms in total. The molecule has 0 unspecified atom stereocenters. The molecule has 3 N–H and O–H groups in total. The summed E-state index contributed by atoms with van der Waals surface area (Å²) >= 11 is 0. The number of nitrogen functional groups attached to an aromatic ring is 1. The Kier molecular flexibility index (Phi) is 7.84. The van der Waals surface area contributed by atoms with Crippen molar-refractivity contribution >= 4 is 21.5 Å². The van der Waals surface area contributed by atoms with Crippen LogP contribution in [0.1, 0.15) is 49.7 Å². The number of halogens is 3. The third-order valence-corrected chi connectivity index (χ3v) is 6.47. The van der Waals surface area contributed by atoms with Crippen molar-refractivity contribution in [2.24, 2.45) is 0 Å². The molecule has 2 aromatic rings. The van der Waals surface area contributed by atoms with Gasteiger partial charge in [-0.1, -0.05) is 18.9 Å². The average Bonchev–Trinajstić information content (AvgIpc) is 2.67. The lowest BCUT2D eigenvalue weighted by atomic mass is 9.90. The lowest BCUT2D eigenvalue weighted by molar-refractivity contribution is -0.137. The monoisotopic (exact) mass is 485 g/mol. The van der Waals surface area contributed by atoms with Gasteiger partial charge in [-0.15, -0.1) is 10.2 Å². The first kappa shape index (κ1) is 25.2. The van der Waals surface area contributed by atoms with E-state index in [1.54, 1.807) is 6.92 Å². The van der Waals surface area contributed by atoms with Gasteiger partial charge in [-0.05, 0) is 69.5 Å². The highest BCUT2D eigenvalue weighted by Crippen LogP contribution is 2.36. The summed E-state index contributed by atoms with van der Waals surface area (Å²) in [5.74, 6) is 0.149. The number of hydrogen-bond donors (Lipinski definition) is 2. The molecule has 4 rings (SSSR count). The second-order valence-corrected chi connectivity index (χ2v) is 10.4. The van der Waals surface area contributed by atoms with Crippen molar-refractivity contribution < 1.29 is 21.6 Å². The van der Waals surface area contributed by atoms with Gasteiger partial charge >= 0.3 is 6.18 Å². The maximum absolute atomic E-state index is 12.8. The van der Waals surface area contributed by atoms with E-state index in [9.17, 15) is 21.6 Å². The molecule has 182 valence electrons. The van der Waals surface area contributed by atoms with Crippen LogP contribution in [0.5, 0.6) is 0 Å². The number of rotatable bonds is 4. The van der Waals surface area contributed by atoms with Gasteiger partial charge in [0.2, 0.25) is 10.0 Å². The van der Waals surface area contributed by atoms with E-state index < -0.39 is 21.8 Å². The van der Waals surface area contributed by atoms with Gasteiger partial charge in [0.1, 0.15) is 5.82 Å². The molecule has 0 bridgehead atoms. The number of nitrogens with zero attached hydrogens (tertiary/aromatic N) is 3. The Balaban J connectivity index is 0.000000252. The minimum Gasteiger partial charge on any atom is -0.382 e. The van der Waals surface area contributed by atoms with Crippen LogP contribution < -0.4 is 10.5 Å². The van der Waals surface area contributed by atoms with E-state index in [4.69, 9.17) is 5.73 Å². The number of benzene rings is 1. The topological polar surface area (TPSA) is 101 Å². The highest BCUT2D eigenvalue weighted by Gasteiger charge is 2.31. The van der Waals surface area contributed by atoms with Crippen molar-refractivity contribution in [3.8, 4) is 11.3 Å². The summed E-state index contributed by atoms with van der Waals surface area (Å²) in [6.45, 7) is 4.43. The zero-order valence-electron chi connectivity index (χ0n) is 18.8. The number of piperidine rings is 1. The van der Waals surface area contributed by atoms with Gasteiger partial charge in [-0.2, -0.15) is 13.2 Å². The number of aromatic nitrogens is 2. The Morgan fingerprint density at radius 2 is 1.73 bits per heavy atom. The van der Waals surface area contributed by atoms with E-state index in [0.29, 0.717) is 11.6 Å². The standard InChI is InChI=1S/C13H13F3N4O2S.C9H17N/c1-7-5-11(17)18-19-12(7)9-4-3-8(13(14,15)16)6-10(9)20-23(2,21)22;1-2-7-10(8-3-1)9-5-4-6-9/h3-6,20H,1-2H3,(H2,17,18);9H,1-8H2. The number of nitrogens with one attached hydrogen (secondary N) is 1. The van der Waals surface area contributed by atoms with Gasteiger partial charge in [0.25, 0.3) is 0 Å². The van der Waals surface area contributed by atoms with Gasteiger partial charge in [0.15, 0.2) is 0 Å². The van der Waals surface area contributed by atoms with E-state index >= 15 is 0 Å². The highest BCUT2D eigenvalue weighted by atomic mass is 32.2. The van der Waals surface area contributed by atoms with Crippen molar-refractivity contribution in [2.75, 3.05) is 29.8 Å². The minimum atomic E-state index is -4.60. The van der Waals surface area contributed by atoms with Gasteiger partial charge in [0.05, 0.1) is 23.2 Å². The smallest absolute Gasteiger partial charge is 0.382 e. The summed E-state index contributed by atoms with van der Waals surface area (Å²) in [6.07, 6.45) is 5.09. The van der Waals surface area contributed by atoms with Crippen LogP contribution in [0.15, 0.2) is 24.3 Å². The molecule has 1 aliphatic heterocycles. The molecule has 2 fully saturated rings. The number of nitrogens with two attached hydrogens (primary N) is 1. The SMILES string of the molecule is C1CCN(C2CCC2)CC1.Cc1cc(N)nnc1-c1ccc(C(F)(F)F)cc1NS(C)(=O)=O. The third-order valence-electron chi connectivity index (χ3n) is 5.88. The summed E-state index contributed by atoms with van der Waals surface area (Å²) in [5, 5.41) is 7.49. The molecule has 0 spiro atoms. The van der Waals surface area contributed by atoms with Crippen LogP contribution in [0.3, 0.4) is 0 Å². The van der Waals surface area contributed by atoms with Crippen LogP contribution in [0, 0.1) is 6.92 Å². The Hall–Kier alpha value is -2.40. The molecular weight excluding hydrogens is 455 g/mol. The van der Waals surface area contributed by atoms with Crippen molar-refractivity contribution in [1.82, 2.24) is 15.1 Å². The second kappa shape index (κ2) is 10.3. The second-order valence-electron chi connectivity index (χ2n) is 8.61. The maximum Gasteiger partial charge on any atom is 0.416 e. The largest absolute Gasteiger partial charge is 0.416 e. The fraction of sp³-hybridized carbons (Fsp3) is 0.545. The normalized spacial score (nSPS) is 17.6. The molecular formula is C22H30F3N5O2S. The molecule has 1 saturated heterocycles. The first-order valence-electron chi connectivity index (χ1n) is 11.0. The average molecular weight is 486 g/mol. The summed E-state index contributed by atoms with van der Waals surface area (Å²) < 4.78 is 63.5. The van der Waals surface area contributed by atoms with Crippen LogP contribution in [0.25, 0.3) is 11.3 Å². The van der Waals surface area contributed by atoms with Crippen molar-refractivity contribution in [3.63, 3.8) is 0 Å². The van der Waals surface area contributed by atoms with E-state index in [-0.39, 0.29) is 22.8 Å². The summed E-state index contributed by atoms with van der Waals surface area (Å²) in [4.78, 5) is 2.70. The predicted molar refractivity (Wildman–Crippen MR) is 123 cm³/mol. The van der Waals surface area contributed by atoms with Crippen molar-refractivity contribution in [3.05, 3.63) is 35.4 Å². The molecule has 1 aromatic heterocycles. The number of likely N-dealkylation sites (tertiary alicyclic amines) is 1. The van der Waals surface area contributed by atoms with Gasteiger partial charge in [-0.3, -0.25) is 4.72 Å². The lowest BCUT2D eigenvalue weighted by Gasteiger charge is -2.39. The lowest BCUT2D eigenvalue weighted by Crippen LogP contribution is -2.42. The Morgan fingerprint density at radius 3 is 2.24 bits per heavy atom. The first-order valence-corrected chi connectivity index (χ1v) is 12.9. The van der Waals surface area contributed by atoms with Crippen molar-refractivity contribution in [1.29, 1.82) is 0 Å². The van der Waals surface area contributed by atoms with Crippen LogP contribution in [0.2, 0.25) is 0 Å². The van der Waals surface area contributed by atoms with Crippen LogP contribution >= 0.6 is 0 Å². The van der Waals surface area contributed by atoms with Gasteiger partial charge in [0, 0.05) is 11.6 Å². The molecule has 0 radical (unpaired) electrons. The van der Waals surface area contributed by atoms with Gasteiger partial charge < -0.3 is 10.6 Å². The molecule has 1 aromatic carbocycles. The Morgan fingerprint density at radius 1 is 1.06 bits per heavy atom. The van der Waals surface area contributed by atoms with E-state index in [0.717, 1.165) is 24.4 Å². The molecule has 2 heterocycles. The van der Waals surface area contributed by atoms with Crippen LogP contribution in [-0.2, 0) is 16.2 Å². The molecule has 1 saturated carbocycles. The quantitative estimate of drug-likeness (QED) is 0.664. The summed E-state index contributed by atoms with van der Waals surface area (Å²) in [6, 6.07) is 5.20. The molecule has 33 heavy (non-hydrogen) atoms. The molecule has 0 amide bonds. The zero-order chi connectivity index (χ0) is 24.2. The number of aryl methyl sites for hydroxylation is 1. The molecule has 1 aliphatic carbocycles. The zero-order valence-corrected chi connectivity index (χ0v) is 19.6. The summed E-state index contributed by atoms with van der Waals surface area (Å²) in [5.41, 5.74) is 5.24. The maximum atomic E-state index is 12.8. The highest BCUT2D eigenvalue weighted by molar-refractivity contribution is 7.92. The fourth-order valence-electron chi connectivity index (χ4n) is 4.02. The fourth-order valence-corrected chi connectivity index (χ4v) is 4.59. The van der Waals surface area contributed by atoms with E-state index in [1.807, 2.05) is 0 Å². The Bertz CT molecular complexity index is 1070. The predicted octanol–water partition coefficient (Wildman–Crippen LogP) is 4.45. The number of anilines is 2. The first-order chi connectivity index (χ1) is 15.4. The number of sulfonamides is 1. The number of alkyl halides is 3. The summed E-state index contributed by atoms with van der Waals surface area (Å²) in [7, 11) is -3.78.